The summed E-state index contributed by atoms with van der Waals surface area (Å²) in [7, 11) is 3.95. The van der Waals surface area contributed by atoms with Gasteiger partial charge < -0.3 is 15.5 Å². The Kier molecular flexibility index (Phi) is 4.89. The molecule has 0 fully saturated rings. The van der Waals surface area contributed by atoms with Gasteiger partial charge in [-0.05, 0) is 57.2 Å². The number of nitrogens with one attached hydrogen (secondary N) is 2. The number of nitrogens with zero attached hydrogens (tertiary/aromatic N) is 2. The number of anilines is 3. The molecular formula is C18H24N4O. The molecule has 5 nitrogen and oxygen atoms in total. The maximum absolute atomic E-state index is 12.2. The molecule has 0 aliphatic carbocycles. The van der Waals surface area contributed by atoms with Crippen LogP contribution in [-0.4, -0.2) is 30.5 Å². The largest absolute Gasteiger partial charge is 0.379 e. The third-order valence-electron chi connectivity index (χ3n) is 3.16. The average Bonchev–Trinajstić information content (AvgIpc) is 2.46. The Balaban J connectivity index is 2.03. The van der Waals surface area contributed by atoms with Gasteiger partial charge >= 0.3 is 0 Å². The Morgan fingerprint density at radius 1 is 1.00 bits per heavy atom. The van der Waals surface area contributed by atoms with E-state index in [4.69, 9.17) is 0 Å². The van der Waals surface area contributed by atoms with Crippen molar-refractivity contribution in [3.8, 4) is 0 Å². The van der Waals surface area contributed by atoms with E-state index < -0.39 is 0 Å². The fraction of sp³-hybridized carbons (Fsp3) is 0.333. The van der Waals surface area contributed by atoms with Crippen LogP contribution in [0.1, 0.15) is 31.3 Å². The Bertz CT molecular complexity index is 655. The topological polar surface area (TPSA) is 57.3 Å². The molecular weight excluding hydrogens is 288 g/mol. The Morgan fingerprint density at radius 3 is 2.09 bits per heavy atom. The molecule has 0 saturated heterocycles. The van der Waals surface area contributed by atoms with Gasteiger partial charge in [-0.3, -0.25) is 4.79 Å². The molecule has 0 atom stereocenters. The summed E-state index contributed by atoms with van der Waals surface area (Å²) < 4.78 is 0. The average molecular weight is 312 g/mol. The van der Waals surface area contributed by atoms with Crippen molar-refractivity contribution in [2.45, 2.75) is 26.3 Å². The standard InChI is InChI=1S/C18H24N4O/c1-18(2,3)21-14-8-11-16(19-12-14)17(23)20-13-6-9-15(10-7-13)22(4)5/h6-12,21H,1-5H3,(H,20,23). The van der Waals surface area contributed by atoms with E-state index in [2.05, 4.69) is 36.4 Å². The third-order valence-corrected chi connectivity index (χ3v) is 3.16. The van der Waals surface area contributed by atoms with Crippen molar-refractivity contribution in [3.05, 3.63) is 48.3 Å². The second-order valence-corrected chi connectivity index (χ2v) is 6.70. The lowest BCUT2D eigenvalue weighted by Crippen LogP contribution is -2.26. The van der Waals surface area contributed by atoms with Crippen molar-refractivity contribution in [3.63, 3.8) is 0 Å². The zero-order chi connectivity index (χ0) is 17.0. The van der Waals surface area contributed by atoms with Gasteiger partial charge in [-0.1, -0.05) is 0 Å². The van der Waals surface area contributed by atoms with Crippen LogP contribution in [0.2, 0.25) is 0 Å². The highest BCUT2D eigenvalue weighted by molar-refractivity contribution is 6.03. The van der Waals surface area contributed by atoms with E-state index >= 15 is 0 Å². The van der Waals surface area contributed by atoms with Crippen molar-refractivity contribution in [1.29, 1.82) is 0 Å². The minimum Gasteiger partial charge on any atom is -0.379 e. The normalized spacial score (nSPS) is 11.0. The van der Waals surface area contributed by atoms with E-state index in [1.54, 1.807) is 12.3 Å². The highest BCUT2D eigenvalue weighted by Gasteiger charge is 2.11. The van der Waals surface area contributed by atoms with Crippen LogP contribution in [0.5, 0.6) is 0 Å². The molecule has 23 heavy (non-hydrogen) atoms. The molecule has 1 aromatic heterocycles. The lowest BCUT2D eigenvalue weighted by molar-refractivity contribution is 0.102. The predicted molar refractivity (Wildman–Crippen MR) is 96.3 cm³/mol. The van der Waals surface area contributed by atoms with Crippen LogP contribution < -0.4 is 15.5 Å². The fourth-order valence-electron chi connectivity index (χ4n) is 2.07. The van der Waals surface area contributed by atoms with Gasteiger partial charge in [0.05, 0.1) is 11.9 Å². The van der Waals surface area contributed by atoms with Crippen LogP contribution in [0.3, 0.4) is 0 Å². The lowest BCUT2D eigenvalue weighted by Gasteiger charge is -2.21. The van der Waals surface area contributed by atoms with Gasteiger partial charge in [-0.25, -0.2) is 4.98 Å². The molecule has 122 valence electrons. The van der Waals surface area contributed by atoms with E-state index in [0.717, 1.165) is 17.1 Å². The van der Waals surface area contributed by atoms with Gasteiger partial charge in [0.1, 0.15) is 5.69 Å². The number of carbonyl (C=O) groups excluding carboxylic acids is 1. The zero-order valence-corrected chi connectivity index (χ0v) is 14.3. The van der Waals surface area contributed by atoms with Crippen LogP contribution in [0, 0.1) is 0 Å². The molecule has 0 saturated carbocycles. The Hall–Kier alpha value is -2.56. The molecule has 2 rings (SSSR count). The number of hydrogen-bond donors (Lipinski definition) is 2. The summed E-state index contributed by atoms with van der Waals surface area (Å²) in [6.45, 7) is 6.22. The fourth-order valence-corrected chi connectivity index (χ4v) is 2.07. The predicted octanol–water partition coefficient (Wildman–Crippen LogP) is 3.61. The van der Waals surface area contributed by atoms with Crippen LogP contribution in [0.15, 0.2) is 42.6 Å². The molecule has 0 radical (unpaired) electrons. The highest BCUT2D eigenvalue weighted by Crippen LogP contribution is 2.17. The van der Waals surface area contributed by atoms with Crippen LogP contribution in [0.25, 0.3) is 0 Å². The first kappa shape index (κ1) is 16.8. The first-order valence-corrected chi connectivity index (χ1v) is 7.57. The number of rotatable bonds is 4. The maximum atomic E-state index is 12.2. The molecule has 0 aliphatic heterocycles. The summed E-state index contributed by atoms with van der Waals surface area (Å²) in [6, 6.07) is 11.3. The van der Waals surface area contributed by atoms with E-state index in [9.17, 15) is 4.79 Å². The van der Waals surface area contributed by atoms with E-state index in [-0.39, 0.29) is 11.4 Å². The highest BCUT2D eigenvalue weighted by atomic mass is 16.1. The smallest absolute Gasteiger partial charge is 0.274 e. The number of carbonyl (C=O) groups is 1. The monoisotopic (exact) mass is 312 g/mol. The number of pyridine rings is 1. The SMILES string of the molecule is CN(C)c1ccc(NC(=O)c2ccc(NC(C)(C)C)cn2)cc1. The number of hydrogen-bond acceptors (Lipinski definition) is 4. The minimum absolute atomic E-state index is 0.0420. The molecule has 0 spiro atoms. The van der Waals surface area contributed by atoms with Crippen molar-refractivity contribution < 1.29 is 4.79 Å². The van der Waals surface area contributed by atoms with E-state index in [1.807, 2.05) is 49.3 Å². The van der Waals surface area contributed by atoms with Gasteiger partial charge in [-0.2, -0.15) is 0 Å². The third kappa shape index (κ3) is 4.98. The van der Waals surface area contributed by atoms with Crippen molar-refractivity contribution in [2.75, 3.05) is 29.6 Å². The van der Waals surface area contributed by atoms with Gasteiger partial charge in [0.25, 0.3) is 5.91 Å². The van der Waals surface area contributed by atoms with E-state index in [0.29, 0.717) is 5.69 Å². The van der Waals surface area contributed by atoms with Crippen LogP contribution in [0.4, 0.5) is 17.1 Å². The second kappa shape index (κ2) is 6.69. The Labute approximate surface area is 137 Å². The molecule has 1 heterocycles. The van der Waals surface area contributed by atoms with E-state index in [1.165, 1.54) is 0 Å². The number of aromatic nitrogens is 1. The minimum atomic E-state index is -0.218. The summed E-state index contributed by atoms with van der Waals surface area (Å²) in [5, 5.41) is 6.17. The van der Waals surface area contributed by atoms with Crippen LogP contribution >= 0.6 is 0 Å². The maximum Gasteiger partial charge on any atom is 0.274 e. The van der Waals surface area contributed by atoms with Gasteiger partial charge in [0.15, 0.2) is 0 Å². The molecule has 0 bridgehead atoms. The summed E-state index contributed by atoms with van der Waals surface area (Å²) in [6.07, 6.45) is 1.68. The van der Waals surface area contributed by atoms with Crippen molar-refractivity contribution >= 4 is 23.0 Å². The first-order chi connectivity index (χ1) is 10.7. The number of amides is 1. The molecule has 1 amide bonds. The zero-order valence-electron chi connectivity index (χ0n) is 14.3. The molecule has 5 heteroatoms. The quantitative estimate of drug-likeness (QED) is 0.905. The van der Waals surface area contributed by atoms with Gasteiger partial charge in [0, 0.05) is 31.0 Å². The summed E-state index contributed by atoms with van der Waals surface area (Å²) in [5.41, 5.74) is 3.07. The molecule has 0 unspecified atom stereocenters. The lowest BCUT2D eigenvalue weighted by atomic mass is 10.1. The molecule has 2 N–H and O–H groups in total. The Morgan fingerprint density at radius 2 is 1.61 bits per heavy atom. The molecule has 0 aliphatic rings. The van der Waals surface area contributed by atoms with Gasteiger partial charge in [0.2, 0.25) is 0 Å². The summed E-state index contributed by atoms with van der Waals surface area (Å²) in [4.78, 5) is 18.5. The first-order valence-electron chi connectivity index (χ1n) is 7.57. The van der Waals surface area contributed by atoms with Crippen molar-refractivity contribution in [1.82, 2.24) is 4.98 Å². The summed E-state index contributed by atoms with van der Waals surface area (Å²) >= 11 is 0. The number of benzene rings is 1. The summed E-state index contributed by atoms with van der Waals surface area (Å²) in [5.74, 6) is -0.218. The van der Waals surface area contributed by atoms with Crippen molar-refractivity contribution in [2.24, 2.45) is 0 Å². The second-order valence-electron chi connectivity index (χ2n) is 6.70. The molecule has 1 aromatic carbocycles. The van der Waals surface area contributed by atoms with Crippen LogP contribution in [-0.2, 0) is 0 Å². The van der Waals surface area contributed by atoms with Gasteiger partial charge in [-0.15, -0.1) is 0 Å². The molecule has 2 aromatic rings.